The standard InChI is InChI=1S/C11H15BrO5/c1-14-7-5-6(11(13)17-4)9(15-2)10(16-3)8(7)12/h5,8,10H,1-4H3. The number of methoxy groups -OCH3 is 4. The van der Waals surface area contributed by atoms with Gasteiger partial charge in [0.2, 0.25) is 0 Å². The molecule has 0 aliphatic heterocycles. The number of carbonyl (C=O) groups is 1. The fraction of sp³-hybridized carbons (Fsp3) is 0.545. The van der Waals surface area contributed by atoms with Crippen LogP contribution in [-0.4, -0.2) is 45.3 Å². The van der Waals surface area contributed by atoms with Crippen LogP contribution in [0.1, 0.15) is 0 Å². The van der Waals surface area contributed by atoms with Crippen LogP contribution in [0.25, 0.3) is 0 Å². The van der Waals surface area contributed by atoms with Crippen LogP contribution in [0.3, 0.4) is 0 Å². The van der Waals surface area contributed by atoms with Crippen molar-refractivity contribution in [2.24, 2.45) is 0 Å². The Labute approximate surface area is 108 Å². The highest BCUT2D eigenvalue weighted by molar-refractivity contribution is 9.09. The summed E-state index contributed by atoms with van der Waals surface area (Å²) in [6.45, 7) is 0. The van der Waals surface area contributed by atoms with Gasteiger partial charge in [0.1, 0.15) is 28.0 Å². The predicted octanol–water partition coefficient (Wildman–Crippen LogP) is 1.38. The molecule has 0 radical (unpaired) electrons. The van der Waals surface area contributed by atoms with Gasteiger partial charge in [0.05, 0.1) is 21.3 Å². The highest BCUT2D eigenvalue weighted by Crippen LogP contribution is 2.32. The molecule has 0 N–H and O–H groups in total. The lowest BCUT2D eigenvalue weighted by atomic mass is 10.0. The summed E-state index contributed by atoms with van der Waals surface area (Å²) in [5.74, 6) is 0.512. The van der Waals surface area contributed by atoms with Gasteiger partial charge >= 0.3 is 5.97 Å². The smallest absolute Gasteiger partial charge is 0.341 e. The monoisotopic (exact) mass is 306 g/mol. The summed E-state index contributed by atoms with van der Waals surface area (Å²) in [7, 11) is 5.85. The van der Waals surface area contributed by atoms with E-state index in [1.807, 2.05) is 0 Å². The normalized spacial score (nSPS) is 24.2. The molecule has 0 fully saturated rings. The molecule has 0 saturated heterocycles. The van der Waals surface area contributed by atoms with E-state index in [1.165, 1.54) is 28.4 Å². The first-order chi connectivity index (χ1) is 8.10. The summed E-state index contributed by atoms with van der Waals surface area (Å²) in [6, 6.07) is 0. The van der Waals surface area contributed by atoms with Gasteiger partial charge in [-0.1, -0.05) is 15.9 Å². The van der Waals surface area contributed by atoms with Crippen molar-refractivity contribution < 1.29 is 23.7 Å². The summed E-state index contributed by atoms with van der Waals surface area (Å²) in [5, 5.41) is 0. The molecule has 0 aromatic rings. The molecule has 0 amide bonds. The average molecular weight is 307 g/mol. The van der Waals surface area contributed by atoms with Crippen molar-refractivity contribution in [3.05, 3.63) is 23.2 Å². The van der Waals surface area contributed by atoms with Gasteiger partial charge < -0.3 is 18.9 Å². The third-order valence-electron chi connectivity index (χ3n) is 2.46. The van der Waals surface area contributed by atoms with E-state index in [9.17, 15) is 4.79 Å². The van der Waals surface area contributed by atoms with Crippen LogP contribution in [0.15, 0.2) is 23.2 Å². The van der Waals surface area contributed by atoms with Crippen molar-refractivity contribution in [2.75, 3.05) is 28.4 Å². The van der Waals surface area contributed by atoms with Gasteiger partial charge in [-0.3, -0.25) is 0 Å². The van der Waals surface area contributed by atoms with E-state index >= 15 is 0 Å². The topological polar surface area (TPSA) is 54.0 Å². The first-order valence-electron chi connectivity index (χ1n) is 4.89. The lowest BCUT2D eigenvalue weighted by Crippen LogP contribution is -2.33. The van der Waals surface area contributed by atoms with Crippen molar-refractivity contribution in [3.63, 3.8) is 0 Å². The zero-order chi connectivity index (χ0) is 13.0. The number of esters is 1. The SMILES string of the molecule is COC(=O)C1=C(OC)C(OC)C(Br)C(OC)=C1. The minimum Gasteiger partial charge on any atom is -0.500 e. The maximum atomic E-state index is 11.6. The van der Waals surface area contributed by atoms with Crippen LogP contribution >= 0.6 is 15.9 Å². The molecule has 1 aliphatic rings. The molecule has 1 rings (SSSR count). The molecule has 0 aromatic heterocycles. The van der Waals surface area contributed by atoms with Crippen LogP contribution in [0.4, 0.5) is 0 Å². The molecule has 0 bridgehead atoms. The first kappa shape index (κ1) is 14.1. The summed E-state index contributed by atoms with van der Waals surface area (Å²) < 4.78 is 20.4. The van der Waals surface area contributed by atoms with Gasteiger partial charge in [0.25, 0.3) is 0 Å². The van der Waals surface area contributed by atoms with Crippen molar-refractivity contribution >= 4 is 21.9 Å². The van der Waals surface area contributed by atoms with Crippen LogP contribution < -0.4 is 0 Å². The molecule has 0 heterocycles. The maximum Gasteiger partial charge on any atom is 0.341 e. The Morgan fingerprint density at radius 2 is 1.88 bits per heavy atom. The number of ether oxygens (including phenoxy) is 4. The second-order valence-electron chi connectivity index (χ2n) is 3.28. The number of hydrogen-bond acceptors (Lipinski definition) is 5. The van der Waals surface area contributed by atoms with Gasteiger partial charge in [-0.2, -0.15) is 0 Å². The Morgan fingerprint density at radius 3 is 2.29 bits per heavy atom. The van der Waals surface area contributed by atoms with E-state index in [0.29, 0.717) is 17.1 Å². The summed E-state index contributed by atoms with van der Waals surface area (Å²) in [6.07, 6.45) is 1.15. The Morgan fingerprint density at radius 1 is 1.24 bits per heavy atom. The van der Waals surface area contributed by atoms with E-state index < -0.39 is 12.1 Å². The summed E-state index contributed by atoms with van der Waals surface area (Å²) in [5.41, 5.74) is 0.300. The van der Waals surface area contributed by atoms with Crippen LogP contribution in [0.2, 0.25) is 0 Å². The number of hydrogen-bond donors (Lipinski definition) is 0. The molecule has 17 heavy (non-hydrogen) atoms. The fourth-order valence-electron chi connectivity index (χ4n) is 1.62. The van der Waals surface area contributed by atoms with E-state index in [4.69, 9.17) is 18.9 Å². The molecule has 5 nitrogen and oxygen atoms in total. The lowest BCUT2D eigenvalue weighted by molar-refractivity contribution is -0.136. The minimum atomic E-state index is -0.488. The van der Waals surface area contributed by atoms with E-state index in [-0.39, 0.29) is 4.83 Å². The molecule has 1 aliphatic carbocycles. The van der Waals surface area contributed by atoms with Gasteiger partial charge in [0, 0.05) is 7.11 Å². The number of rotatable bonds is 4. The highest BCUT2D eigenvalue weighted by atomic mass is 79.9. The third-order valence-corrected chi connectivity index (χ3v) is 3.39. The van der Waals surface area contributed by atoms with Crippen LogP contribution in [-0.2, 0) is 23.7 Å². The average Bonchev–Trinajstić information content (AvgIpc) is 2.36. The maximum absolute atomic E-state index is 11.6. The van der Waals surface area contributed by atoms with Crippen molar-refractivity contribution in [1.82, 2.24) is 0 Å². The Hall–Kier alpha value is -1.01. The second-order valence-corrected chi connectivity index (χ2v) is 4.27. The van der Waals surface area contributed by atoms with Crippen LogP contribution in [0.5, 0.6) is 0 Å². The minimum absolute atomic E-state index is 0.208. The molecule has 2 unspecified atom stereocenters. The van der Waals surface area contributed by atoms with Crippen molar-refractivity contribution in [2.45, 2.75) is 10.9 Å². The number of alkyl halides is 1. The summed E-state index contributed by atoms with van der Waals surface area (Å²) >= 11 is 3.44. The number of carbonyl (C=O) groups excluding carboxylic acids is 1. The molecule has 96 valence electrons. The zero-order valence-corrected chi connectivity index (χ0v) is 11.7. The Kier molecular flexibility index (Phi) is 5.02. The van der Waals surface area contributed by atoms with Crippen LogP contribution in [0, 0.1) is 0 Å². The first-order valence-corrected chi connectivity index (χ1v) is 5.81. The van der Waals surface area contributed by atoms with Crippen molar-refractivity contribution in [3.8, 4) is 0 Å². The van der Waals surface area contributed by atoms with Gasteiger partial charge in [-0.15, -0.1) is 0 Å². The van der Waals surface area contributed by atoms with E-state index in [1.54, 1.807) is 6.08 Å². The predicted molar refractivity (Wildman–Crippen MR) is 64.7 cm³/mol. The van der Waals surface area contributed by atoms with Crippen molar-refractivity contribution in [1.29, 1.82) is 0 Å². The largest absolute Gasteiger partial charge is 0.500 e. The molecule has 6 heteroatoms. The lowest BCUT2D eigenvalue weighted by Gasteiger charge is -2.29. The zero-order valence-electron chi connectivity index (χ0n) is 10.2. The summed E-state index contributed by atoms with van der Waals surface area (Å²) in [4.78, 5) is 11.4. The molecular formula is C11H15BrO5. The molecule has 0 saturated carbocycles. The highest BCUT2D eigenvalue weighted by Gasteiger charge is 2.36. The molecule has 0 spiro atoms. The fourth-order valence-corrected chi connectivity index (χ4v) is 2.40. The number of halogens is 1. The Balaban J connectivity index is 3.26. The van der Waals surface area contributed by atoms with E-state index in [0.717, 1.165) is 0 Å². The van der Waals surface area contributed by atoms with Gasteiger partial charge in [0.15, 0.2) is 0 Å². The van der Waals surface area contributed by atoms with Gasteiger partial charge in [-0.05, 0) is 6.08 Å². The van der Waals surface area contributed by atoms with Gasteiger partial charge in [-0.25, -0.2) is 4.79 Å². The molecule has 2 atom stereocenters. The third kappa shape index (κ3) is 2.63. The Bertz CT molecular complexity index is 361. The second kappa shape index (κ2) is 6.07. The quantitative estimate of drug-likeness (QED) is 0.580. The van der Waals surface area contributed by atoms with E-state index in [2.05, 4.69) is 15.9 Å². The molecule has 0 aromatic carbocycles. The molecular weight excluding hydrogens is 292 g/mol.